The molecule has 4 rings (SSSR count). The van der Waals surface area contributed by atoms with Crippen molar-refractivity contribution in [2.75, 3.05) is 0 Å². The lowest BCUT2D eigenvalue weighted by Crippen LogP contribution is -2.60. The minimum atomic E-state index is -0.713. The molecule has 2 heterocycles. The third-order valence-corrected chi connectivity index (χ3v) is 6.67. The number of hydrogen-bond acceptors (Lipinski definition) is 5. The van der Waals surface area contributed by atoms with Crippen LogP contribution in [0.4, 0.5) is 0 Å². The summed E-state index contributed by atoms with van der Waals surface area (Å²) in [6.45, 7) is 7.57. The molecule has 0 aromatic heterocycles. The molecular formula is C18H22O5. The molecule has 5 nitrogen and oxygen atoms in total. The lowest BCUT2D eigenvalue weighted by molar-refractivity contribution is -0.176. The molecule has 124 valence electrons. The molecule has 23 heavy (non-hydrogen) atoms. The fourth-order valence-corrected chi connectivity index (χ4v) is 5.25. The van der Waals surface area contributed by atoms with Gasteiger partial charge in [-0.25, -0.2) is 4.79 Å². The van der Waals surface area contributed by atoms with Gasteiger partial charge in [-0.05, 0) is 24.7 Å². The molecule has 6 atom stereocenters. The molecule has 1 N–H and O–H groups in total. The summed E-state index contributed by atoms with van der Waals surface area (Å²) in [7, 11) is 0. The third-order valence-electron chi connectivity index (χ3n) is 6.67. The van der Waals surface area contributed by atoms with Gasteiger partial charge < -0.3 is 14.6 Å². The van der Waals surface area contributed by atoms with E-state index in [-0.39, 0.29) is 40.6 Å². The number of ketones is 1. The first-order valence-electron chi connectivity index (χ1n) is 8.42. The van der Waals surface area contributed by atoms with Crippen LogP contribution in [0.3, 0.4) is 0 Å². The molecule has 0 radical (unpaired) electrons. The number of ether oxygens (including phenoxy) is 2. The van der Waals surface area contributed by atoms with Crippen LogP contribution in [0.5, 0.6) is 0 Å². The van der Waals surface area contributed by atoms with E-state index < -0.39 is 23.6 Å². The van der Waals surface area contributed by atoms with Crippen LogP contribution in [0.15, 0.2) is 23.7 Å². The smallest absolute Gasteiger partial charge is 0.351 e. The van der Waals surface area contributed by atoms with Gasteiger partial charge in [-0.2, -0.15) is 0 Å². The monoisotopic (exact) mass is 318 g/mol. The molecule has 5 heteroatoms. The van der Waals surface area contributed by atoms with Crippen LogP contribution in [0.25, 0.3) is 0 Å². The second kappa shape index (κ2) is 4.69. The highest BCUT2D eigenvalue weighted by Gasteiger charge is 2.63. The van der Waals surface area contributed by atoms with Gasteiger partial charge in [0.15, 0.2) is 17.3 Å². The summed E-state index contributed by atoms with van der Waals surface area (Å²) in [6, 6.07) is 0. The molecule has 0 aromatic rings. The Labute approximate surface area is 135 Å². The first-order chi connectivity index (χ1) is 10.9. The van der Waals surface area contributed by atoms with Crippen molar-refractivity contribution in [3.05, 3.63) is 23.7 Å². The lowest BCUT2D eigenvalue weighted by Gasteiger charge is -2.54. The van der Waals surface area contributed by atoms with Crippen LogP contribution < -0.4 is 0 Å². The first-order valence-corrected chi connectivity index (χ1v) is 8.42. The van der Waals surface area contributed by atoms with Crippen molar-refractivity contribution < 1.29 is 24.2 Å². The highest BCUT2D eigenvalue weighted by atomic mass is 16.6. The molecule has 4 aliphatic rings. The quantitative estimate of drug-likeness (QED) is 0.547. The van der Waals surface area contributed by atoms with Crippen molar-refractivity contribution in [3.8, 4) is 0 Å². The molecule has 0 aromatic carbocycles. The molecule has 2 aliphatic carbocycles. The summed E-state index contributed by atoms with van der Waals surface area (Å²) in [5.74, 6) is -0.705. The number of hydrogen-bond donors (Lipinski definition) is 1. The minimum Gasteiger partial charge on any atom is -0.482 e. The molecule has 0 unspecified atom stereocenters. The number of aliphatic hydroxyl groups excluding tert-OH is 1. The first kappa shape index (κ1) is 14.9. The number of Topliss-reactive ketones (excluding diaryl/α,β-unsaturated/α-hetero) is 1. The molecule has 0 amide bonds. The summed E-state index contributed by atoms with van der Waals surface area (Å²) in [5, 5.41) is 10.9. The number of aliphatic hydroxyl groups is 1. The molecule has 2 saturated carbocycles. The Bertz CT molecular complexity index is 648. The molecular weight excluding hydrogens is 296 g/mol. The Morgan fingerprint density at radius 1 is 1.26 bits per heavy atom. The van der Waals surface area contributed by atoms with Gasteiger partial charge in [-0.1, -0.05) is 33.3 Å². The second-order valence-electron chi connectivity index (χ2n) is 7.55. The van der Waals surface area contributed by atoms with E-state index in [0.717, 1.165) is 25.7 Å². The predicted molar refractivity (Wildman–Crippen MR) is 80.9 cm³/mol. The van der Waals surface area contributed by atoms with Crippen molar-refractivity contribution in [1.29, 1.82) is 0 Å². The van der Waals surface area contributed by atoms with Crippen LogP contribution in [-0.4, -0.2) is 29.1 Å². The van der Waals surface area contributed by atoms with Crippen molar-refractivity contribution >= 4 is 11.8 Å². The fraction of sp³-hybridized carbons (Fsp3) is 0.667. The van der Waals surface area contributed by atoms with Gasteiger partial charge in [-0.3, -0.25) is 4.79 Å². The van der Waals surface area contributed by atoms with Gasteiger partial charge in [-0.15, -0.1) is 0 Å². The van der Waals surface area contributed by atoms with Gasteiger partial charge in [0, 0.05) is 11.3 Å². The van der Waals surface area contributed by atoms with E-state index in [1.165, 1.54) is 0 Å². The molecule has 2 aliphatic heterocycles. The summed E-state index contributed by atoms with van der Waals surface area (Å²) in [6.07, 6.45) is 2.77. The topological polar surface area (TPSA) is 72.8 Å². The van der Waals surface area contributed by atoms with Crippen LogP contribution in [0.1, 0.15) is 39.5 Å². The number of carbonyl (C=O) groups excluding carboxylic acids is 2. The Morgan fingerprint density at radius 3 is 2.70 bits per heavy atom. The van der Waals surface area contributed by atoms with Crippen LogP contribution in [0, 0.1) is 23.2 Å². The summed E-state index contributed by atoms with van der Waals surface area (Å²) >= 11 is 0. The summed E-state index contributed by atoms with van der Waals surface area (Å²) in [4.78, 5) is 25.5. The number of cyclic esters (lactones) is 1. The highest BCUT2D eigenvalue weighted by molar-refractivity contribution is 6.22. The number of carbonyl (C=O) groups is 2. The largest absolute Gasteiger partial charge is 0.482 e. The Hall–Kier alpha value is -1.62. The maximum absolute atomic E-state index is 13.3. The maximum atomic E-state index is 13.3. The number of fused-ring (bicyclic) bond motifs is 4. The molecule has 0 spiro atoms. The van der Waals surface area contributed by atoms with E-state index in [9.17, 15) is 14.7 Å². The zero-order chi connectivity index (χ0) is 16.5. The average molecular weight is 318 g/mol. The Kier molecular flexibility index (Phi) is 3.05. The molecule has 2 bridgehead atoms. The van der Waals surface area contributed by atoms with E-state index in [2.05, 4.69) is 6.58 Å². The fourth-order valence-electron chi connectivity index (χ4n) is 5.25. The molecule has 0 saturated heterocycles. The Balaban J connectivity index is 1.90. The standard InChI is InChI=1S/C18H22O5/c1-8-14-13(19)10-6-4-5-7-11(10)18(8,3)16(20)12-15(23-14)9(2)22-17(12)21/h8,10-11,13-14,19H,2,4-7H2,1,3H3/t8-,10+,11-,13+,14+,18-/m1/s1. The van der Waals surface area contributed by atoms with Gasteiger partial charge in [0.05, 0.1) is 6.10 Å². The Morgan fingerprint density at radius 2 is 1.96 bits per heavy atom. The minimum absolute atomic E-state index is 0.00901. The second-order valence-corrected chi connectivity index (χ2v) is 7.55. The van der Waals surface area contributed by atoms with Gasteiger partial charge >= 0.3 is 5.97 Å². The molecule has 2 fully saturated rings. The van der Waals surface area contributed by atoms with Crippen LogP contribution in [0.2, 0.25) is 0 Å². The van der Waals surface area contributed by atoms with E-state index in [1.54, 1.807) is 0 Å². The predicted octanol–water partition coefficient (Wildman–Crippen LogP) is 2.10. The normalized spacial score (nSPS) is 45.9. The van der Waals surface area contributed by atoms with Crippen molar-refractivity contribution in [2.45, 2.75) is 51.7 Å². The van der Waals surface area contributed by atoms with E-state index in [0.29, 0.717) is 0 Å². The van der Waals surface area contributed by atoms with E-state index in [1.807, 2.05) is 13.8 Å². The maximum Gasteiger partial charge on any atom is 0.351 e. The van der Waals surface area contributed by atoms with Crippen LogP contribution >= 0.6 is 0 Å². The van der Waals surface area contributed by atoms with E-state index in [4.69, 9.17) is 9.47 Å². The zero-order valence-corrected chi connectivity index (χ0v) is 13.5. The summed E-state index contributed by atoms with van der Waals surface area (Å²) < 4.78 is 11.0. The lowest BCUT2D eigenvalue weighted by atomic mass is 9.50. The van der Waals surface area contributed by atoms with E-state index >= 15 is 0 Å². The number of rotatable bonds is 0. The SMILES string of the molecule is C=C1OC(=O)C2=C1O[C@@H]1[C@@H](O)[C@H]3CCCC[C@H]3[C@](C)(C2=O)[C@@H]1C. The highest BCUT2D eigenvalue weighted by Crippen LogP contribution is 2.58. The van der Waals surface area contributed by atoms with Gasteiger partial charge in [0.1, 0.15) is 11.7 Å². The average Bonchev–Trinajstić information content (AvgIpc) is 2.78. The van der Waals surface area contributed by atoms with Gasteiger partial charge in [0.25, 0.3) is 0 Å². The number of esters is 1. The summed E-state index contributed by atoms with van der Waals surface area (Å²) in [5.41, 5.74) is -0.722. The van der Waals surface area contributed by atoms with Crippen molar-refractivity contribution in [3.63, 3.8) is 0 Å². The van der Waals surface area contributed by atoms with Gasteiger partial charge in [0.2, 0.25) is 0 Å². The third kappa shape index (κ3) is 1.71. The van der Waals surface area contributed by atoms with Crippen molar-refractivity contribution in [1.82, 2.24) is 0 Å². The van der Waals surface area contributed by atoms with Crippen molar-refractivity contribution in [2.24, 2.45) is 23.2 Å². The zero-order valence-electron chi connectivity index (χ0n) is 13.5. The van der Waals surface area contributed by atoms with Crippen LogP contribution in [-0.2, 0) is 19.1 Å².